The maximum absolute atomic E-state index is 11.3. The van der Waals surface area contributed by atoms with Crippen LogP contribution in [0.4, 0.5) is 0 Å². The molecule has 1 heterocycles. The van der Waals surface area contributed by atoms with Gasteiger partial charge < -0.3 is 4.74 Å². The van der Waals surface area contributed by atoms with E-state index in [0.29, 0.717) is 12.1 Å². The zero-order chi connectivity index (χ0) is 10.7. The fourth-order valence-electron chi connectivity index (χ4n) is 1.42. The molecule has 3 heteroatoms. The zero-order valence-corrected chi connectivity index (χ0v) is 8.22. The van der Waals surface area contributed by atoms with E-state index in [1.165, 1.54) is 6.08 Å². The Bertz CT molecular complexity index is 409. The molecule has 0 bridgehead atoms. The Hall–Kier alpha value is -1.90. The minimum atomic E-state index is -0.504. The van der Waals surface area contributed by atoms with E-state index in [4.69, 9.17) is 4.74 Å². The smallest absolute Gasteiger partial charge is 0.354 e. The number of rotatable bonds is 3. The highest BCUT2D eigenvalue weighted by atomic mass is 16.6. The lowest BCUT2D eigenvalue weighted by atomic mass is 10.1. The van der Waals surface area contributed by atoms with Crippen LogP contribution in [0.2, 0.25) is 0 Å². The maximum Gasteiger partial charge on any atom is 0.354 e. The highest BCUT2D eigenvalue weighted by Crippen LogP contribution is 2.11. The van der Waals surface area contributed by atoms with E-state index in [0.717, 1.165) is 5.56 Å². The minimum Gasteiger partial charge on any atom is -0.432 e. The van der Waals surface area contributed by atoms with E-state index in [1.54, 1.807) is 0 Å². The molecular formula is C12H11NO2. The quantitative estimate of drug-likeness (QED) is 0.552. The molecule has 0 fully saturated rings. The average molecular weight is 201 g/mol. The Balaban J connectivity index is 2.13. The maximum atomic E-state index is 11.3. The summed E-state index contributed by atoms with van der Waals surface area (Å²) >= 11 is 0. The van der Waals surface area contributed by atoms with Crippen LogP contribution >= 0.6 is 0 Å². The second kappa shape index (κ2) is 4.09. The van der Waals surface area contributed by atoms with Gasteiger partial charge in [0.2, 0.25) is 6.23 Å². The van der Waals surface area contributed by atoms with Gasteiger partial charge in [-0.15, -0.1) is 0 Å². The number of carbonyl (C=O) groups is 1. The van der Waals surface area contributed by atoms with Gasteiger partial charge in [-0.2, -0.15) is 0 Å². The van der Waals surface area contributed by atoms with Gasteiger partial charge >= 0.3 is 5.97 Å². The van der Waals surface area contributed by atoms with Crippen molar-refractivity contribution in [2.75, 3.05) is 0 Å². The molecule has 0 aromatic heterocycles. The van der Waals surface area contributed by atoms with Crippen molar-refractivity contribution in [2.24, 2.45) is 4.99 Å². The van der Waals surface area contributed by atoms with E-state index >= 15 is 0 Å². The summed E-state index contributed by atoms with van der Waals surface area (Å²) in [7, 11) is 0. The molecule has 1 aromatic rings. The van der Waals surface area contributed by atoms with Gasteiger partial charge in [-0.1, -0.05) is 36.9 Å². The predicted octanol–water partition coefficient (Wildman–Crippen LogP) is 1.74. The Morgan fingerprint density at radius 2 is 2.13 bits per heavy atom. The largest absolute Gasteiger partial charge is 0.432 e. The van der Waals surface area contributed by atoms with Gasteiger partial charge in [0, 0.05) is 6.42 Å². The third-order valence-corrected chi connectivity index (χ3v) is 2.16. The number of hydrogen-bond donors (Lipinski definition) is 0. The number of cyclic esters (lactones) is 1. The summed E-state index contributed by atoms with van der Waals surface area (Å²) < 4.78 is 4.93. The number of aliphatic imine (C=N–C) groups is 1. The molecule has 1 aliphatic heterocycles. The van der Waals surface area contributed by atoms with E-state index in [1.807, 2.05) is 30.3 Å². The number of benzene rings is 1. The van der Waals surface area contributed by atoms with E-state index < -0.39 is 6.23 Å². The molecule has 76 valence electrons. The van der Waals surface area contributed by atoms with Crippen molar-refractivity contribution in [1.82, 2.24) is 0 Å². The summed E-state index contributed by atoms with van der Waals surface area (Å²) in [6.07, 6.45) is 1.52. The number of ether oxygens (including phenoxy) is 1. The molecule has 0 radical (unpaired) electrons. The highest BCUT2D eigenvalue weighted by Gasteiger charge is 2.24. The third kappa shape index (κ3) is 2.13. The van der Waals surface area contributed by atoms with Crippen LogP contribution in [0, 0.1) is 0 Å². The van der Waals surface area contributed by atoms with Crippen molar-refractivity contribution in [3.8, 4) is 0 Å². The molecule has 1 aliphatic rings. The van der Waals surface area contributed by atoms with E-state index in [2.05, 4.69) is 11.6 Å². The normalized spacial score (nSPS) is 19.6. The second-order valence-electron chi connectivity index (χ2n) is 3.27. The summed E-state index contributed by atoms with van der Waals surface area (Å²) in [5, 5.41) is 0. The van der Waals surface area contributed by atoms with Crippen LogP contribution in [0.1, 0.15) is 5.56 Å². The molecule has 0 N–H and O–H groups in total. The fraction of sp³-hybridized carbons (Fsp3) is 0.167. The van der Waals surface area contributed by atoms with E-state index in [-0.39, 0.29) is 5.97 Å². The Labute approximate surface area is 88.1 Å². The van der Waals surface area contributed by atoms with Crippen molar-refractivity contribution in [3.05, 3.63) is 48.6 Å². The number of hydrogen-bond acceptors (Lipinski definition) is 3. The number of esters is 1. The van der Waals surface area contributed by atoms with Crippen molar-refractivity contribution in [2.45, 2.75) is 12.6 Å². The monoisotopic (exact) mass is 201 g/mol. The van der Waals surface area contributed by atoms with Crippen LogP contribution in [0.5, 0.6) is 0 Å². The lowest BCUT2D eigenvalue weighted by Gasteiger charge is -1.97. The van der Waals surface area contributed by atoms with Crippen molar-refractivity contribution >= 4 is 11.7 Å². The molecule has 0 aliphatic carbocycles. The number of nitrogens with zero attached hydrogens (tertiary/aromatic N) is 1. The zero-order valence-electron chi connectivity index (χ0n) is 8.22. The number of carbonyl (C=O) groups excluding carboxylic acids is 1. The van der Waals surface area contributed by atoms with Gasteiger partial charge in [0.25, 0.3) is 0 Å². The molecule has 15 heavy (non-hydrogen) atoms. The molecule has 0 amide bonds. The summed E-state index contributed by atoms with van der Waals surface area (Å²) in [6.45, 7) is 3.53. The summed E-state index contributed by atoms with van der Waals surface area (Å²) in [6, 6.07) is 9.71. The molecule has 1 unspecified atom stereocenters. The summed E-state index contributed by atoms with van der Waals surface area (Å²) in [5.74, 6) is -0.344. The lowest BCUT2D eigenvalue weighted by Crippen LogP contribution is -2.13. The molecule has 0 saturated heterocycles. The molecule has 0 saturated carbocycles. The second-order valence-corrected chi connectivity index (χ2v) is 3.27. The Morgan fingerprint density at radius 3 is 2.73 bits per heavy atom. The van der Waals surface area contributed by atoms with Crippen molar-refractivity contribution in [3.63, 3.8) is 0 Å². The Kier molecular flexibility index (Phi) is 2.63. The molecule has 1 aromatic carbocycles. The minimum absolute atomic E-state index is 0.344. The first-order valence-corrected chi connectivity index (χ1v) is 4.74. The van der Waals surface area contributed by atoms with Gasteiger partial charge in [-0.3, -0.25) is 0 Å². The van der Waals surface area contributed by atoms with E-state index in [9.17, 15) is 4.79 Å². The van der Waals surface area contributed by atoms with Crippen LogP contribution in [-0.4, -0.2) is 17.9 Å². The van der Waals surface area contributed by atoms with Crippen LogP contribution in [0.25, 0.3) is 0 Å². The lowest BCUT2D eigenvalue weighted by molar-refractivity contribution is -0.135. The van der Waals surface area contributed by atoms with Gasteiger partial charge in [-0.05, 0) is 11.6 Å². The van der Waals surface area contributed by atoms with Crippen LogP contribution in [-0.2, 0) is 16.0 Å². The third-order valence-electron chi connectivity index (χ3n) is 2.16. The van der Waals surface area contributed by atoms with Crippen molar-refractivity contribution in [1.29, 1.82) is 0 Å². The van der Waals surface area contributed by atoms with Gasteiger partial charge in [-0.25, -0.2) is 9.79 Å². The molecule has 3 nitrogen and oxygen atoms in total. The SMILES string of the molecule is C=CC1N=C(Cc2ccccc2)C(=O)O1. The van der Waals surface area contributed by atoms with Gasteiger partial charge in [0.05, 0.1) is 0 Å². The average Bonchev–Trinajstić information content (AvgIpc) is 2.61. The first-order chi connectivity index (χ1) is 7.29. The summed E-state index contributed by atoms with van der Waals surface area (Å²) in [5.41, 5.74) is 1.52. The fourth-order valence-corrected chi connectivity index (χ4v) is 1.42. The van der Waals surface area contributed by atoms with Crippen LogP contribution in [0.3, 0.4) is 0 Å². The first-order valence-electron chi connectivity index (χ1n) is 4.74. The molecular weight excluding hydrogens is 190 g/mol. The van der Waals surface area contributed by atoms with Gasteiger partial charge in [0.15, 0.2) is 0 Å². The van der Waals surface area contributed by atoms with Crippen molar-refractivity contribution < 1.29 is 9.53 Å². The topological polar surface area (TPSA) is 38.7 Å². The van der Waals surface area contributed by atoms with Gasteiger partial charge in [0.1, 0.15) is 5.71 Å². The van der Waals surface area contributed by atoms with Crippen LogP contribution in [0.15, 0.2) is 48.0 Å². The Morgan fingerprint density at radius 1 is 1.40 bits per heavy atom. The molecule has 0 spiro atoms. The predicted molar refractivity (Wildman–Crippen MR) is 57.7 cm³/mol. The van der Waals surface area contributed by atoms with Crippen LogP contribution < -0.4 is 0 Å². The molecule has 2 rings (SSSR count). The first kappa shape index (κ1) is 9.65. The summed E-state index contributed by atoms with van der Waals surface area (Å²) in [4.78, 5) is 15.5. The standard InChI is InChI=1S/C12H11NO2/c1-2-11-13-10(12(14)15-11)8-9-6-4-3-5-7-9/h2-7,11H,1,8H2. The molecule has 1 atom stereocenters. The highest BCUT2D eigenvalue weighted by molar-refractivity contribution is 6.38.